The number of benzene rings is 1. The molecule has 0 aliphatic carbocycles. The molecule has 0 spiro atoms. The van der Waals surface area contributed by atoms with Crippen LogP contribution in [0.3, 0.4) is 0 Å². The fraction of sp³-hybridized carbons (Fsp3) is 0.825. The molecule has 1 aromatic rings. The average Bonchev–Trinajstić information content (AvgIpc) is 3.00. The fourth-order valence-electron chi connectivity index (χ4n) is 5.98. The lowest BCUT2D eigenvalue weighted by molar-refractivity contribution is -0.145. The number of ether oxygens (including phenoxy) is 2. The van der Waals surface area contributed by atoms with Gasteiger partial charge in [-0.2, -0.15) is 11.8 Å². The van der Waals surface area contributed by atoms with Gasteiger partial charge in [-0.15, -0.1) is 0 Å². The molecule has 0 bridgehead atoms. The van der Waals surface area contributed by atoms with E-state index in [1.165, 1.54) is 96.3 Å². The van der Waals surface area contributed by atoms with Crippen molar-refractivity contribution in [2.24, 2.45) is 0 Å². The van der Waals surface area contributed by atoms with Crippen molar-refractivity contribution in [1.82, 2.24) is 0 Å². The summed E-state index contributed by atoms with van der Waals surface area (Å²) in [4.78, 5) is 13.2. The van der Waals surface area contributed by atoms with Crippen LogP contribution >= 0.6 is 11.8 Å². The van der Waals surface area contributed by atoms with Gasteiger partial charge in [-0.1, -0.05) is 162 Å². The number of aromatic hydroxyl groups is 1. The molecule has 1 N–H and O–H groups in total. The summed E-state index contributed by atoms with van der Waals surface area (Å²) < 4.78 is 11.6. The van der Waals surface area contributed by atoms with Crippen LogP contribution in [0.5, 0.6) is 5.75 Å². The van der Waals surface area contributed by atoms with Gasteiger partial charge in [0.1, 0.15) is 12.4 Å². The van der Waals surface area contributed by atoms with Crippen molar-refractivity contribution >= 4 is 17.7 Å². The zero-order chi connectivity index (χ0) is 33.2. The van der Waals surface area contributed by atoms with Crippen LogP contribution in [0.25, 0.3) is 0 Å². The number of aryl methyl sites for hydroxylation is 1. The molecule has 0 saturated heterocycles. The maximum absolute atomic E-state index is 13.2. The summed E-state index contributed by atoms with van der Waals surface area (Å²) in [6.07, 6.45) is 26.2. The molecule has 5 heteroatoms. The van der Waals surface area contributed by atoms with Gasteiger partial charge < -0.3 is 14.6 Å². The molecule has 0 heterocycles. The first kappa shape index (κ1) is 41.8. The summed E-state index contributed by atoms with van der Waals surface area (Å²) in [5.41, 5.74) is 2.47. The van der Waals surface area contributed by atoms with Gasteiger partial charge in [-0.25, -0.2) is 0 Å². The van der Waals surface area contributed by atoms with Gasteiger partial charge in [-0.05, 0) is 41.9 Å². The highest BCUT2D eigenvalue weighted by molar-refractivity contribution is 7.99. The zero-order valence-corrected chi connectivity index (χ0v) is 31.3. The Labute approximate surface area is 283 Å². The van der Waals surface area contributed by atoms with Crippen molar-refractivity contribution in [3.63, 3.8) is 0 Å². The highest BCUT2D eigenvalue weighted by Crippen LogP contribution is 2.37. The highest BCUT2D eigenvalue weighted by Gasteiger charge is 2.27. The van der Waals surface area contributed by atoms with E-state index >= 15 is 0 Å². The molecule has 1 aromatic carbocycles. The van der Waals surface area contributed by atoms with Crippen molar-refractivity contribution in [3.8, 4) is 5.75 Å². The second-order valence-corrected chi connectivity index (χ2v) is 15.5. The van der Waals surface area contributed by atoms with Crippen LogP contribution in [0, 0.1) is 6.92 Å². The molecule has 0 aromatic heterocycles. The number of phenolic OH excluding ortho intramolecular Hbond substituents is 1. The molecule has 1 rings (SSSR count). The van der Waals surface area contributed by atoms with Crippen molar-refractivity contribution < 1.29 is 19.4 Å². The molecule has 1 unspecified atom stereocenters. The molecule has 262 valence electrons. The number of esters is 1. The number of rotatable bonds is 29. The Balaban J connectivity index is 2.10. The number of carbonyl (C=O) groups excluding carboxylic acids is 1. The van der Waals surface area contributed by atoms with Gasteiger partial charge in [0.25, 0.3) is 0 Å². The smallest absolute Gasteiger partial charge is 0.313 e. The van der Waals surface area contributed by atoms with Gasteiger partial charge in [0.2, 0.25) is 0 Å². The minimum atomic E-state index is -0.287. The highest BCUT2D eigenvalue weighted by atomic mass is 32.2. The van der Waals surface area contributed by atoms with Crippen LogP contribution in [0.2, 0.25) is 0 Å². The fourth-order valence-corrected chi connectivity index (χ4v) is 6.62. The molecule has 0 aliphatic heterocycles. The van der Waals surface area contributed by atoms with E-state index in [-0.39, 0.29) is 17.3 Å². The summed E-state index contributed by atoms with van der Waals surface area (Å²) in [6.45, 7) is 14.7. The van der Waals surface area contributed by atoms with E-state index in [9.17, 15) is 9.90 Å². The van der Waals surface area contributed by atoms with Gasteiger partial charge in [0.05, 0.1) is 12.5 Å². The quantitative estimate of drug-likeness (QED) is 0.0692. The molecular formula is C40H72O4S. The van der Waals surface area contributed by atoms with E-state index in [2.05, 4.69) is 34.6 Å². The number of carbonyl (C=O) groups is 1. The van der Waals surface area contributed by atoms with Gasteiger partial charge in [0.15, 0.2) is 0 Å². The summed E-state index contributed by atoms with van der Waals surface area (Å²) in [6, 6.07) is 3.99. The first-order valence-electron chi connectivity index (χ1n) is 18.9. The molecule has 0 saturated carbocycles. The van der Waals surface area contributed by atoms with Crippen LogP contribution in [0.1, 0.15) is 186 Å². The largest absolute Gasteiger partial charge is 0.507 e. The lowest BCUT2D eigenvalue weighted by Gasteiger charge is -2.25. The third-order valence-corrected chi connectivity index (χ3v) is 9.81. The van der Waals surface area contributed by atoms with Crippen molar-refractivity contribution in [2.75, 3.05) is 31.3 Å². The Kier molecular flexibility index (Phi) is 24.9. The topological polar surface area (TPSA) is 55.8 Å². The Bertz CT molecular complexity index is 863. The third-order valence-electron chi connectivity index (χ3n) is 8.90. The third kappa shape index (κ3) is 20.6. The minimum absolute atomic E-state index is 0.142. The van der Waals surface area contributed by atoms with Gasteiger partial charge in [-0.3, -0.25) is 4.79 Å². The zero-order valence-electron chi connectivity index (χ0n) is 30.5. The van der Waals surface area contributed by atoms with E-state index in [0.29, 0.717) is 12.4 Å². The Hall–Kier alpha value is -1.20. The van der Waals surface area contributed by atoms with Crippen LogP contribution in [-0.2, 0) is 19.7 Å². The number of thioether (sulfide) groups is 1. The van der Waals surface area contributed by atoms with E-state index < -0.39 is 0 Å². The SMILES string of the molecule is CCCCCCCCCCCCCCCCCCOCCSCCOC(=O)C(CCCCC)c1cc(C)c(O)c(C(C)(C)C)c1. The normalized spacial score (nSPS) is 12.5. The van der Waals surface area contributed by atoms with E-state index in [0.717, 1.165) is 73.5 Å². The number of hydrogen-bond acceptors (Lipinski definition) is 5. The van der Waals surface area contributed by atoms with Crippen molar-refractivity contribution in [3.05, 3.63) is 28.8 Å². The monoisotopic (exact) mass is 649 g/mol. The molecule has 1 atom stereocenters. The summed E-state index contributed by atoms with van der Waals surface area (Å²) in [5, 5.41) is 10.7. The maximum atomic E-state index is 13.2. The second-order valence-electron chi connectivity index (χ2n) is 14.2. The van der Waals surface area contributed by atoms with E-state index in [1.54, 1.807) is 11.8 Å². The van der Waals surface area contributed by atoms with Crippen LogP contribution in [0.15, 0.2) is 12.1 Å². The molecule has 0 amide bonds. The van der Waals surface area contributed by atoms with Crippen molar-refractivity contribution in [2.45, 2.75) is 181 Å². The van der Waals surface area contributed by atoms with Crippen molar-refractivity contribution in [1.29, 1.82) is 0 Å². The molecule has 0 fully saturated rings. The lowest BCUT2D eigenvalue weighted by Crippen LogP contribution is -2.19. The molecule has 4 nitrogen and oxygen atoms in total. The van der Waals surface area contributed by atoms with Gasteiger partial charge >= 0.3 is 5.97 Å². The standard InChI is InChI=1S/C40H72O4S/c1-7-9-11-12-13-14-15-16-17-18-19-20-21-22-23-25-27-43-28-30-45-31-29-44-39(42)36(26-24-10-8-2)35-32-34(3)38(41)37(33-35)40(4,5)6/h32-33,36,41H,7-31H2,1-6H3. The molecule has 45 heavy (non-hydrogen) atoms. The molecule has 0 aliphatic rings. The van der Waals surface area contributed by atoms with Crippen LogP contribution < -0.4 is 0 Å². The summed E-state index contributed by atoms with van der Waals surface area (Å²) in [5.74, 6) is 1.63. The molecular weight excluding hydrogens is 577 g/mol. The first-order valence-corrected chi connectivity index (χ1v) is 20.0. The summed E-state index contributed by atoms with van der Waals surface area (Å²) in [7, 11) is 0. The second kappa shape index (κ2) is 26.8. The average molecular weight is 649 g/mol. The van der Waals surface area contributed by atoms with E-state index in [1.807, 2.05) is 19.1 Å². The Morgan fingerprint density at radius 1 is 0.711 bits per heavy atom. The van der Waals surface area contributed by atoms with Crippen LogP contribution in [0.4, 0.5) is 0 Å². The minimum Gasteiger partial charge on any atom is -0.507 e. The number of unbranched alkanes of at least 4 members (excludes halogenated alkanes) is 17. The predicted molar refractivity (Wildman–Crippen MR) is 197 cm³/mol. The first-order chi connectivity index (χ1) is 21.7. The van der Waals surface area contributed by atoms with Gasteiger partial charge in [0, 0.05) is 18.1 Å². The number of hydrogen-bond donors (Lipinski definition) is 1. The maximum Gasteiger partial charge on any atom is 0.313 e. The van der Waals surface area contributed by atoms with Crippen LogP contribution in [-0.4, -0.2) is 42.4 Å². The summed E-state index contributed by atoms with van der Waals surface area (Å²) >= 11 is 1.79. The molecule has 0 radical (unpaired) electrons. The Morgan fingerprint density at radius 3 is 1.73 bits per heavy atom. The Morgan fingerprint density at radius 2 is 1.20 bits per heavy atom. The van der Waals surface area contributed by atoms with E-state index in [4.69, 9.17) is 9.47 Å². The number of phenols is 1. The lowest BCUT2D eigenvalue weighted by atomic mass is 9.81. The predicted octanol–water partition coefficient (Wildman–Crippen LogP) is 12.2.